The average molecular weight is 127 g/mol. The molecule has 0 unspecified atom stereocenters. The summed E-state index contributed by atoms with van der Waals surface area (Å²) in [7, 11) is 0. The zero-order valence-corrected chi connectivity index (χ0v) is 5.43. The van der Waals surface area contributed by atoms with E-state index in [0.717, 1.165) is 25.7 Å². The lowest BCUT2D eigenvalue weighted by molar-refractivity contribution is -0.127. The van der Waals surface area contributed by atoms with E-state index in [0.29, 0.717) is 0 Å². The number of carbonyl (C=O) groups is 1. The summed E-state index contributed by atoms with van der Waals surface area (Å²) in [6.45, 7) is -0.509. The molecule has 1 aliphatic rings. The molecule has 0 N–H and O–H groups in total. The molecule has 1 radical (unpaired) electrons. The Morgan fingerprint density at radius 2 is 1.89 bits per heavy atom. The number of rotatable bonds is 2. The maximum absolute atomic E-state index is 10.7. The molecular weight excluding hydrogens is 116 g/mol. The van der Waals surface area contributed by atoms with Gasteiger partial charge >= 0.3 is 0 Å². The number of Topliss-reactive ketones (excluding diaryl/α,β-unsaturated/α-hetero) is 1. The van der Waals surface area contributed by atoms with Crippen molar-refractivity contribution in [2.45, 2.75) is 25.7 Å². The highest BCUT2D eigenvalue weighted by Gasteiger charge is 2.21. The molecule has 2 nitrogen and oxygen atoms in total. The van der Waals surface area contributed by atoms with E-state index in [4.69, 9.17) is 0 Å². The highest BCUT2D eigenvalue weighted by Crippen LogP contribution is 2.24. The fourth-order valence-corrected chi connectivity index (χ4v) is 1.37. The van der Waals surface area contributed by atoms with Crippen molar-refractivity contribution in [2.24, 2.45) is 5.92 Å². The van der Waals surface area contributed by atoms with Crippen LogP contribution >= 0.6 is 0 Å². The van der Waals surface area contributed by atoms with Crippen molar-refractivity contribution in [1.29, 1.82) is 0 Å². The monoisotopic (exact) mass is 127 g/mol. The lowest BCUT2D eigenvalue weighted by Crippen LogP contribution is -2.13. The van der Waals surface area contributed by atoms with Gasteiger partial charge in [0.2, 0.25) is 0 Å². The van der Waals surface area contributed by atoms with Gasteiger partial charge in [-0.3, -0.25) is 4.79 Å². The van der Waals surface area contributed by atoms with Crippen molar-refractivity contribution in [1.82, 2.24) is 0 Å². The third kappa shape index (κ3) is 1.52. The van der Waals surface area contributed by atoms with E-state index in [-0.39, 0.29) is 11.7 Å². The molecule has 0 aromatic carbocycles. The number of carbonyl (C=O) groups excluding carboxylic acids is 1. The third-order valence-corrected chi connectivity index (χ3v) is 1.95. The minimum atomic E-state index is -0.509. The van der Waals surface area contributed by atoms with Crippen molar-refractivity contribution in [3.8, 4) is 0 Å². The zero-order chi connectivity index (χ0) is 6.69. The number of hydrogen-bond donors (Lipinski definition) is 0. The first-order valence-corrected chi connectivity index (χ1v) is 3.45. The molecule has 1 saturated carbocycles. The summed E-state index contributed by atoms with van der Waals surface area (Å²) in [5.74, 6) is 0.0509. The minimum absolute atomic E-state index is 0.0764. The highest BCUT2D eigenvalue weighted by atomic mass is 16.3. The topological polar surface area (TPSA) is 37.0 Å². The Kier molecular flexibility index (Phi) is 2.22. The summed E-state index contributed by atoms with van der Waals surface area (Å²) in [6.07, 6.45) is 4.19. The van der Waals surface area contributed by atoms with Crippen molar-refractivity contribution in [3.05, 3.63) is 0 Å². The summed E-state index contributed by atoms with van der Waals surface area (Å²) in [5.41, 5.74) is 0. The molecule has 1 fully saturated rings. The summed E-state index contributed by atoms with van der Waals surface area (Å²) in [4.78, 5) is 10.7. The van der Waals surface area contributed by atoms with Crippen LogP contribution in [0.15, 0.2) is 0 Å². The number of hydrogen-bond acceptors (Lipinski definition) is 1. The molecule has 0 aliphatic heterocycles. The Labute approximate surface area is 54.9 Å². The second-order valence-corrected chi connectivity index (χ2v) is 2.59. The van der Waals surface area contributed by atoms with Gasteiger partial charge in [0.25, 0.3) is 0 Å². The summed E-state index contributed by atoms with van der Waals surface area (Å²) < 4.78 is 0. The molecule has 1 rings (SSSR count). The van der Waals surface area contributed by atoms with Gasteiger partial charge in [-0.15, -0.1) is 0 Å². The van der Waals surface area contributed by atoms with Crippen LogP contribution in [0.1, 0.15) is 25.7 Å². The second kappa shape index (κ2) is 2.97. The van der Waals surface area contributed by atoms with E-state index in [1.165, 1.54) is 0 Å². The largest absolute Gasteiger partial charge is 0.297 e. The van der Waals surface area contributed by atoms with Gasteiger partial charge in [-0.2, -0.15) is 0 Å². The fourth-order valence-electron chi connectivity index (χ4n) is 1.37. The van der Waals surface area contributed by atoms with Gasteiger partial charge in [0.05, 0.1) is 0 Å². The summed E-state index contributed by atoms with van der Waals surface area (Å²) >= 11 is 0. The van der Waals surface area contributed by atoms with E-state index in [9.17, 15) is 9.90 Å². The SMILES string of the molecule is [O]CC(=O)C1CCCC1. The van der Waals surface area contributed by atoms with Gasteiger partial charge in [0.15, 0.2) is 5.78 Å². The molecule has 9 heavy (non-hydrogen) atoms. The molecule has 0 heterocycles. The van der Waals surface area contributed by atoms with E-state index < -0.39 is 6.61 Å². The van der Waals surface area contributed by atoms with Crippen LogP contribution in [-0.4, -0.2) is 12.4 Å². The van der Waals surface area contributed by atoms with Gasteiger partial charge < -0.3 is 0 Å². The lowest BCUT2D eigenvalue weighted by Gasteiger charge is -2.01. The average Bonchev–Trinajstić information content (AvgIpc) is 2.37. The molecule has 51 valence electrons. The summed E-state index contributed by atoms with van der Waals surface area (Å²) in [5, 5.41) is 10.1. The number of ketones is 1. The van der Waals surface area contributed by atoms with Crippen molar-refractivity contribution in [2.75, 3.05) is 6.61 Å². The van der Waals surface area contributed by atoms with Crippen LogP contribution in [0.25, 0.3) is 0 Å². The van der Waals surface area contributed by atoms with Crippen molar-refractivity contribution in [3.63, 3.8) is 0 Å². The van der Waals surface area contributed by atoms with E-state index in [1.807, 2.05) is 0 Å². The van der Waals surface area contributed by atoms with Crippen LogP contribution in [0.5, 0.6) is 0 Å². The maximum atomic E-state index is 10.7. The predicted molar refractivity (Wildman–Crippen MR) is 32.5 cm³/mol. The van der Waals surface area contributed by atoms with Crippen LogP contribution in [0, 0.1) is 5.92 Å². The first kappa shape index (κ1) is 6.75. The normalized spacial score (nSPS) is 20.6. The van der Waals surface area contributed by atoms with Crippen LogP contribution in [-0.2, 0) is 9.90 Å². The molecule has 0 atom stereocenters. The second-order valence-electron chi connectivity index (χ2n) is 2.59. The van der Waals surface area contributed by atoms with Gasteiger partial charge in [0, 0.05) is 5.92 Å². The van der Waals surface area contributed by atoms with Crippen molar-refractivity contribution >= 4 is 5.78 Å². The molecule has 1 aliphatic carbocycles. The van der Waals surface area contributed by atoms with Crippen LogP contribution in [0.4, 0.5) is 0 Å². The minimum Gasteiger partial charge on any atom is -0.297 e. The Balaban J connectivity index is 2.32. The molecule has 2 heteroatoms. The smallest absolute Gasteiger partial charge is 0.164 e. The van der Waals surface area contributed by atoms with Crippen LogP contribution < -0.4 is 0 Å². The highest BCUT2D eigenvalue weighted by molar-refractivity contribution is 5.82. The Hall–Kier alpha value is -0.370. The first-order chi connectivity index (χ1) is 4.34. The Bertz CT molecular complexity index is 103. The van der Waals surface area contributed by atoms with Crippen LogP contribution in [0.3, 0.4) is 0 Å². The van der Waals surface area contributed by atoms with Crippen LogP contribution in [0.2, 0.25) is 0 Å². The van der Waals surface area contributed by atoms with Gasteiger partial charge in [-0.1, -0.05) is 12.8 Å². The third-order valence-electron chi connectivity index (χ3n) is 1.95. The molecule has 0 saturated heterocycles. The van der Waals surface area contributed by atoms with Gasteiger partial charge in [-0.05, 0) is 12.8 Å². The van der Waals surface area contributed by atoms with E-state index in [1.54, 1.807) is 0 Å². The fraction of sp³-hybridized carbons (Fsp3) is 0.857. The standard InChI is InChI=1S/C7H11O2/c8-5-7(9)6-3-1-2-4-6/h6H,1-5H2. The Morgan fingerprint density at radius 1 is 1.33 bits per heavy atom. The molecule has 0 aromatic heterocycles. The first-order valence-electron chi connectivity index (χ1n) is 3.45. The maximum Gasteiger partial charge on any atom is 0.164 e. The molecule has 0 spiro atoms. The Morgan fingerprint density at radius 3 is 2.33 bits per heavy atom. The molecule has 0 aromatic rings. The predicted octanol–water partition coefficient (Wildman–Crippen LogP) is 1.18. The molecule has 0 amide bonds. The lowest BCUT2D eigenvalue weighted by atomic mass is 10.0. The molecule has 0 bridgehead atoms. The van der Waals surface area contributed by atoms with Gasteiger partial charge in [0.1, 0.15) is 6.61 Å². The van der Waals surface area contributed by atoms with E-state index in [2.05, 4.69) is 0 Å². The zero-order valence-electron chi connectivity index (χ0n) is 5.43. The molecular formula is C7H11O2. The van der Waals surface area contributed by atoms with Crippen molar-refractivity contribution < 1.29 is 9.90 Å². The van der Waals surface area contributed by atoms with Gasteiger partial charge in [-0.25, -0.2) is 5.11 Å². The van der Waals surface area contributed by atoms with E-state index >= 15 is 0 Å². The summed E-state index contributed by atoms with van der Waals surface area (Å²) in [6, 6.07) is 0. The quantitative estimate of drug-likeness (QED) is 0.548.